The van der Waals surface area contributed by atoms with E-state index in [9.17, 15) is 4.79 Å². The number of carbonyl (C=O) groups excluding carboxylic acids is 1. The molecule has 0 bridgehead atoms. The van der Waals surface area contributed by atoms with Gasteiger partial charge in [0.05, 0.1) is 12.0 Å². The molecule has 0 saturated heterocycles. The Morgan fingerprint density at radius 3 is 2.93 bits per heavy atom. The third kappa shape index (κ3) is 1.75. The third-order valence-electron chi connectivity index (χ3n) is 1.94. The van der Waals surface area contributed by atoms with E-state index in [0.29, 0.717) is 16.5 Å². The van der Waals surface area contributed by atoms with E-state index in [1.54, 1.807) is 25.4 Å². The summed E-state index contributed by atoms with van der Waals surface area (Å²) in [4.78, 5) is 12.4. The molecule has 0 aliphatic heterocycles. The zero-order valence-corrected chi connectivity index (χ0v) is 9.11. The van der Waals surface area contributed by atoms with Crippen molar-refractivity contribution in [2.75, 3.05) is 7.11 Å². The van der Waals surface area contributed by atoms with Crippen LogP contribution in [0.2, 0.25) is 0 Å². The molecule has 0 aliphatic carbocycles. The maximum absolute atomic E-state index is 11.8. The van der Waals surface area contributed by atoms with Crippen LogP contribution in [0.1, 0.15) is 15.4 Å². The summed E-state index contributed by atoms with van der Waals surface area (Å²) in [6, 6.07) is 3.29. The lowest BCUT2D eigenvalue weighted by molar-refractivity contribution is 0.103. The first-order chi connectivity index (χ1) is 7.22. The molecule has 0 amide bonds. The maximum Gasteiger partial charge on any atom is 0.224 e. The second-order valence-electron chi connectivity index (χ2n) is 2.90. The normalized spacial score (nSPS) is 10.3. The van der Waals surface area contributed by atoms with Crippen molar-refractivity contribution >= 4 is 17.3 Å². The molecule has 0 radical (unpaired) electrons. The molecule has 6 heteroatoms. The highest BCUT2D eigenvalue weighted by Crippen LogP contribution is 2.16. The van der Waals surface area contributed by atoms with Crippen LogP contribution in [-0.2, 0) is 7.05 Å². The Bertz CT molecular complexity index is 476. The molecule has 0 aromatic carbocycles. The van der Waals surface area contributed by atoms with Gasteiger partial charge in [0.25, 0.3) is 0 Å². The zero-order chi connectivity index (χ0) is 10.8. The van der Waals surface area contributed by atoms with Gasteiger partial charge in [-0.05, 0) is 17.6 Å². The van der Waals surface area contributed by atoms with E-state index < -0.39 is 0 Å². The van der Waals surface area contributed by atoms with Crippen molar-refractivity contribution in [1.29, 1.82) is 0 Å². The number of hydrogen-bond donors (Lipinski definition) is 0. The first kappa shape index (κ1) is 9.85. The summed E-state index contributed by atoms with van der Waals surface area (Å²) in [5, 5.41) is 4.06. The molecule has 15 heavy (non-hydrogen) atoms. The largest absolute Gasteiger partial charge is 0.481 e. The Labute approximate surface area is 90.5 Å². The smallest absolute Gasteiger partial charge is 0.224 e. The van der Waals surface area contributed by atoms with Crippen LogP contribution in [0.25, 0.3) is 0 Å². The van der Waals surface area contributed by atoms with Crippen molar-refractivity contribution in [2.45, 2.75) is 0 Å². The van der Waals surface area contributed by atoms with E-state index in [-0.39, 0.29) is 5.78 Å². The molecule has 0 spiro atoms. The van der Waals surface area contributed by atoms with Crippen LogP contribution in [0.3, 0.4) is 0 Å². The van der Waals surface area contributed by atoms with Gasteiger partial charge in [-0.25, -0.2) is 9.06 Å². The van der Waals surface area contributed by atoms with Gasteiger partial charge in [-0.3, -0.25) is 4.79 Å². The first-order valence-corrected chi connectivity index (χ1v) is 5.03. The molecular weight excluding hydrogens is 214 g/mol. The molecule has 0 N–H and O–H groups in total. The minimum absolute atomic E-state index is 0.128. The summed E-state index contributed by atoms with van der Waals surface area (Å²) in [5.74, 6) is 0.430. The quantitative estimate of drug-likeness (QED) is 0.731. The van der Waals surface area contributed by atoms with Crippen LogP contribution in [0.15, 0.2) is 18.3 Å². The maximum atomic E-state index is 11.8. The molecule has 5 nitrogen and oxygen atoms in total. The number of ether oxygens (including phenoxy) is 1. The van der Waals surface area contributed by atoms with Crippen LogP contribution in [0.4, 0.5) is 0 Å². The lowest BCUT2D eigenvalue weighted by atomic mass is 10.2. The van der Waals surface area contributed by atoms with Gasteiger partial charge in [0.2, 0.25) is 11.7 Å². The highest BCUT2D eigenvalue weighted by atomic mass is 32.1. The van der Waals surface area contributed by atoms with Gasteiger partial charge in [-0.2, -0.15) is 5.10 Å². The summed E-state index contributed by atoms with van der Waals surface area (Å²) >= 11 is 1.16. The highest BCUT2D eigenvalue weighted by molar-refractivity contribution is 7.08. The van der Waals surface area contributed by atoms with E-state index >= 15 is 0 Å². The SMILES string of the molecule is COc1cc(C(=O)c2ccns2)nn1C. The van der Waals surface area contributed by atoms with Crippen LogP contribution >= 0.6 is 11.5 Å². The lowest BCUT2D eigenvalue weighted by Gasteiger charge is -1.95. The highest BCUT2D eigenvalue weighted by Gasteiger charge is 2.16. The van der Waals surface area contributed by atoms with E-state index in [1.807, 2.05) is 0 Å². The molecule has 0 unspecified atom stereocenters. The fraction of sp³-hybridized carbons (Fsp3) is 0.222. The Hall–Kier alpha value is -1.69. The van der Waals surface area contributed by atoms with Gasteiger partial charge in [0, 0.05) is 19.3 Å². The van der Waals surface area contributed by atoms with E-state index in [0.717, 1.165) is 11.5 Å². The average Bonchev–Trinajstić information content (AvgIpc) is 2.85. The second-order valence-corrected chi connectivity index (χ2v) is 3.73. The molecule has 2 aromatic heterocycles. The minimum Gasteiger partial charge on any atom is -0.481 e. The summed E-state index contributed by atoms with van der Waals surface area (Å²) in [6.45, 7) is 0. The number of aryl methyl sites for hydroxylation is 1. The van der Waals surface area contributed by atoms with Gasteiger partial charge in [0.15, 0.2) is 0 Å². The number of carbonyl (C=O) groups is 1. The second kappa shape index (κ2) is 3.82. The van der Waals surface area contributed by atoms with Gasteiger partial charge >= 0.3 is 0 Å². The van der Waals surface area contributed by atoms with E-state index in [1.165, 1.54) is 11.8 Å². The number of aromatic nitrogens is 3. The fourth-order valence-corrected chi connectivity index (χ4v) is 1.76. The topological polar surface area (TPSA) is 57.0 Å². The number of hydrogen-bond acceptors (Lipinski definition) is 5. The molecule has 0 saturated carbocycles. The molecule has 78 valence electrons. The first-order valence-electron chi connectivity index (χ1n) is 4.26. The Morgan fingerprint density at radius 1 is 1.60 bits per heavy atom. The van der Waals surface area contributed by atoms with E-state index in [2.05, 4.69) is 9.47 Å². The van der Waals surface area contributed by atoms with Crippen molar-refractivity contribution in [3.05, 3.63) is 28.9 Å². The Balaban J connectivity index is 2.34. The van der Waals surface area contributed by atoms with Gasteiger partial charge in [-0.1, -0.05) is 0 Å². The van der Waals surface area contributed by atoms with Crippen molar-refractivity contribution in [3.8, 4) is 5.88 Å². The van der Waals surface area contributed by atoms with Gasteiger partial charge < -0.3 is 4.74 Å². The fourth-order valence-electron chi connectivity index (χ4n) is 1.21. The molecule has 2 rings (SSSR count). The molecule has 2 aromatic rings. The predicted molar refractivity (Wildman–Crippen MR) is 55.3 cm³/mol. The summed E-state index contributed by atoms with van der Waals surface area (Å²) in [5.41, 5.74) is 0.374. The summed E-state index contributed by atoms with van der Waals surface area (Å²) in [6.07, 6.45) is 1.60. The molecular formula is C9H9N3O2S. The molecule has 0 fully saturated rings. The lowest BCUT2D eigenvalue weighted by Crippen LogP contribution is -2.01. The van der Waals surface area contributed by atoms with Crippen LogP contribution < -0.4 is 4.74 Å². The van der Waals surface area contributed by atoms with Crippen molar-refractivity contribution in [1.82, 2.24) is 14.2 Å². The average molecular weight is 223 g/mol. The van der Waals surface area contributed by atoms with Gasteiger partial charge in [-0.15, -0.1) is 0 Å². The van der Waals surface area contributed by atoms with Crippen molar-refractivity contribution in [2.24, 2.45) is 7.05 Å². The zero-order valence-electron chi connectivity index (χ0n) is 8.30. The molecule has 0 atom stereocenters. The van der Waals surface area contributed by atoms with Crippen molar-refractivity contribution < 1.29 is 9.53 Å². The number of methoxy groups -OCH3 is 1. The summed E-state index contributed by atoms with van der Waals surface area (Å²) < 4.78 is 10.4. The standard InChI is InChI=1S/C9H9N3O2S/c1-12-8(14-2)5-6(11-12)9(13)7-3-4-10-15-7/h3-5H,1-2H3. The predicted octanol–water partition coefficient (Wildman–Crippen LogP) is 1.12. The van der Waals surface area contributed by atoms with E-state index in [4.69, 9.17) is 4.74 Å². The minimum atomic E-state index is -0.128. The Kier molecular flexibility index (Phi) is 2.51. The monoisotopic (exact) mass is 223 g/mol. The number of ketones is 1. The number of rotatable bonds is 3. The number of nitrogens with zero attached hydrogens (tertiary/aromatic N) is 3. The van der Waals surface area contributed by atoms with Crippen LogP contribution in [0.5, 0.6) is 5.88 Å². The molecule has 0 aliphatic rings. The van der Waals surface area contributed by atoms with Crippen LogP contribution in [0, 0.1) is 0 Å². The van der Waals surface area contributed by atoms with Crippen molar-refractivity contribution in [3.63, 3.8) is 0 Å². The van der Waals surface area contributed by atoms with Crippen LogP contribution in [-0.4, -0.2) is 27.0 Å². The van der Waals surface area contributed by atoms with Gasteiger partial charge in [0.1, 0.15) is 5.69 Å². The third-order valence-corrected chi connectivity index (χ3v) is 2.69. The summed E-state index contributed by atoms with van der Waals surface area (Å²) in [7, 11) is 3.26. The molecule has 2 heterocycles. The Morgan fingerprint density at radius 2 is 2.40 bits per heavy atom.